The summed E-state index contributed by atoms with van der Waals surface area (Å²) in [6.45, 7) is 7.15. The number of phenols is 1. The summed E-state index contributed by atoms with van der Waals surface area (Å²) in [5.74, 6) is -7.06. The number of carbonyl (C=O) groups excluding carboxylic acids is 4. The fraction of sp³-hybridized carbons (Fsp3) is 0.600. The molecule has 2 aromatic carbocycles. The van der Waals surface area contributed by atoms with Crippen molar-refractivity contribution < 1.29 is 39.6 Å². The number of aryl methyl sites for hydroxylation is 1. The molecule has 4 aliphatic rings. The number of phenolic OH excluding ortho intramolecular Hbond substituents is 1. The predicted molar refractivity (Wildman–Crippen MR) is 186 cm³/mol. The standard InChI is InChI=1S/C40H52N2O8/c1-21(2)29-33(45)28(36(41)48)34(46)40(50)35(47)30-32(44)27-26(18-38(30,3)20-39(29,40)4)24(16-15-22-11-7-5-8-12-22)17-25(31(27)43)19-42-37(49)23-13-9-6-10-14-23/h6,9-10,13-14,17,21-22,28-30,33,35,43,45,47,50H,5,7-8,11-12,15-16,18-20H2,1-4H3,(H2,41,48)(H,42,49)/t28-,29+,30-,33?,35?,38-,39-,40+/m1/s1. The Hall–Kier alpha value is -3.60. The SMILES string of the molecule is CC(C)[C@H]1C(O)[C@@H](C(N)=O)C(=O)[C@]2(O)C(O)[C@H]3C(=O)c4c(O)c(CNC(=O)c5ccccc5)cc(CCC5CCCCC5)c4C[C@]3(C)C[C@]12C. The Bertz CT molecular complexity index is 1690. The molecule has 2 aromatic rings. The van der Waals surface area contributed by atoms with E-state index >= 15 is 0 Å². The maximum Gasteiger partial charge on any atom is 0.251 e. The van der Waals surface area contributed by atoms with Gasteiger partial charge in [-0.15, -0.1) is 0 Å². The minimum absolute atomic E-state index is 0.0407. The number of carbonyl (C=O) groups is 4. The molecule has 50 heavy (non-hydrogen) atoms. The van der Waals surface area contributed by atoms with Crippen molar-refractivity contribution in [2.24, 2.45) is 46.2 Å². The Kier molecular flexibility index (Phi) is 9.54. The molecule has 2 unspecified atom stereocenters. The third-order valence-electron chi connectivity index (χ3n) is 13.0. The van der Waals surface area contributed by atoms with Gasteiger partial charge < -0.3 is 31.5 Å². The molecule has 6 rings (SSSR count). The summed E-state index contributed by atoms with van der Waals surface area (Å²) >= 11 is 0. The summed E-state index contributed by atoms with van der Waals surface area (Å²) in [5.41, 5.74) is 3.07. The van der Waals surface area contributed by atoms with Crippen LogP contribution in [0.15, 0.2) is 36.4 Å². The number of fused-ring (bicyclic) bond motifs is 3. The van der Waals surface area contributed by atoms with Gasteiger partial charge in [0, 0.05) is 23.1 Å². The Labute approximate surface area is 293 Å². The molecule has 10 nitrogen and oxygen atoms in total. The number of Topliss-reactive ketones (excluding diaryl/α,β-unsaturated/α-hetero) is 2. The van der Waals surface area contributed by atoms with Gasteiger partial charge in [-0.1, -0.05) is 84.1 Å². The lowest BCUT2D eigenvalue weighted by atomic mass is 9.39. The number of amides is 2. The monoisotopic (exact) mass is 688 g/mol. The maximum absolute atomic E-state index is 14.8. The van der Waals surface area contributed by atoms with E-state index in [1.807, 2.05) is 32.9 Å². The van der Waals surface area contributed by atoms with Gasteiger partial charge in [0.25, 0.3) is 5.91 Å². The molecule has 0 spiro atoms. The molecule has 0 aliphatic heterocycles. The molecule has 8 atom stereocenters. The van der Waals surface area contributed by atoms with E-state index in [-0.39, 0.29) is 42.5 Å². The zero-order chi connectivity index (χ0) is 36.3. The number of rotatable bonds is 8. The lowest BCUT2D eigenvalue weighted by Gasteiger charge is -2.66. The van der Waals surface area contributed by atoms with Gasteiger partial charge >= 0.3 is 0 Å². The molecule has 7 N–H and O–H groups in total. The van der Waals surface area contributed by atoms with E-state index in [0.29, 0.717) is 29.0 Å². The highest BCUT2D eigenvalue weighted by Crippen LogP contribution is 2.66. The van der Waals surface area contributed by atoms with Gasteiger partial charge in [0.1, 0.15) is 17.8 Å². The second-order valence-corrected chi connectivity index (χ2v) is 16.5. The van der Waals surface area contributed by atoms with Crippen molar-refractivity contribution in [3.05, 3.63) is 64.2 Å². The lowest BCUT2D eigenvalue weighted by molar-refractivity contribution is -0.265. The van der Waals surface area contributed by atoms with Crippen LogP contribution >= 0.6 is 0 Å². The molecular weight excluding hydrogens is 636 g/mol. The van der Waals surface area contributed by atoms with Crippen molar-refractivity contribution in [2.75, 3.05) is 0 Å². The van der Waals surface area contributed by atoms with Crippen LogP contribution in [0.2, 0.25) is 0 Å². The molecule has 3 fully saturated rings. The van der Waals surface area contributed by atoms with Crippen molar-refractivity contribution in [3.63, 3.8) is 0 Å². The van der Waals surface area contributed by atoms with Gasteiger partial charge in [-0.3, -0.25) is 19.2 Å². The summed E-state index contributed by atoms with van der Waals surface area (Å²) in [5, 5.41) is 50.7. The minimum atomic E-state index is -2.57. The number of ketones is 2. The highest BCUT2D eigenvalue weighted by molar-refractivity contribution is 6.09. The first kappa shape index (κ1) is 36.2. The average Bonchev–Trinajstić information content (AvgIpc) is 3.06. The number of nitrogens with one attached hydrogen (secondary N) is 1. The normalized spacial score (nSPS) is 34.1. The van der Waals surface area contributed by atoms with Gasteiger partial charge in [0.05, 0.1) is 17.6 Å². The zero-order valence-corrected chi connectivity index (χ0v) is 29.6. The average molecular weight is 689 g/mol. The quantitative estimate of drug-likeness (QED) is 0.225. The zero-order valence-electron chi connectivity index (χ0n) is 29.6. The van der Waals surface area contributed by atoms with Gasteiger partial charge in [0.2, 0.25) is 5.91 Å². The highest BCUT2D eigenvalue weighted by Gasteiger charge is 2.76. The van der Waals surface area contributed by atoms with Gasteiger partial charge in [-0.2, -0.15) is 0 Å². The fourth-order valence-corrected chi connectivity index (χ4v) is 10.8. The Morgan fingerprint density at radius 2 is 1.68 bits per heavy atom. The number of benzene rings is 2. The second kappa shape index (κ2) is 13.2. The smallest absolute Gasteiger partial charge is 0.251 e. The van der Waals surface area contributed by atoms with Crippen LogP contribution in [0.25, 0.3) is 0 Å². The predicted octanol–water partition coefficient (Wildman–Crippen LogP) is 4.02. The third-order valence-corrected chi connectivity index (χ3v) is 13.0. The molecule has 0 heterocycles. The van der Waals surface area contributed by atoms with Crippen LogP contribution in [0.4, 0.5) is 0 Å². The maximum atomic E-state index is 14.8. The van der Waals surface area contributed by atoms with Crippen molar-refractivity contribution in [2.45, 2.75) is 110 Å². The van der Waals surface area contributed by atoms with Crippen LogP contribution in [-0.2, 0) is 29.0 Å². The van der Waals surface area contributed by atoms with E-state index < -0.39 is 63.9 Å². The number of primary amides is 1. The van der Waals surface area contributed by atoms with Crippen LogP contribution in [0.1, 0.15) is 110 Å². The van der Waals surface area contributed by atoms with E-state index in [0.717, 1.165) is 24.8 Å². The summed E-state index contributed by atoms with van der Waals surface area (Å²) in [6, 6.07) is 10.6. The first-order valence-electron chi connectivity index (χ1n) is 18.2. The summed E-state index contributed by atoms with van der Waals surface area (Å²) in [7, 11) is 0. The number of aromatic hydroxyl groups is 1. The number of aliphatic hydroxyl groups is 3. The van der Waals surface area contributed by atoms with E-state index in [1.165, 1.54) is 19.3 Å². The number of nitrogens with two attached hydrogens (primary N) is 1. The van der Waals surface area contributed by atoms with Gasteiger partial charge in [0.15, 0.2) is 17.2 Å². The van der Waals surface area contributed by atoms with Crippen LogP contribution in [0, 0.1) is 40.4 Å². The van der Waals surface area contributed by atoms with Crippen molar-refractivity contribution >= 4 is 23.4 Å². The summed E-state index contributed by atoms with van der Waals surface area (Å²) in [6.07, 6.45) is 4.40. The van der Waals surface area contributed by atoms with Crippen molar-refractivity contribution in [1.82, 2.24) is 5.32 Å². The highest BCUT2D eigenvalue weighted by atomic mass is 16.4. The van der Waals surface area contributed by atoms with Gasteiger partial charge in [-0.25, -0.2) is 0 Å². The first-order chi connectivity index (χ1) is 23.6. The van der Waals surface area contributed by atoms with E-state index in [2.05, 4.69) is 5.32 Å². The Balaban J connectivity index is 1.45. The molecular formula is C40H52N2O8. The molecule has 10 heteroatoms. The van der Waals surface area contributed by atoms with Crippen LogP contribution in [-0.4, -0.2) is 61.6 Å². The summed E-state index contributed by atoms with van der Waals surface area (Å²) < 4.78 is 0. The largest absolute Gasteiger partial charge is 0.507 e. The van der Waals surface area contributed by atoms with E-state index in [1.54, 1.807) is 31.2 Å². The molecule has 0 bridgehead atoms. The Morgan fingerprint density at radius 1 is 1.02 bits per heavy atom. The van der Waals surface area contributed by atoms with Gasteiger partial charge in [-0.05, 0) is 72.1 Å². The molecule has 2 amide bonds. The fourth-order valence-electron chi connectivity index (χ4n) is 10.8. The molecule has 4 aliphatic carbocycles. The van der Waals surface area contributed by atoms with E-state index in [4.69, 9.17) is 5.73 Å². The minimum Gasteiger partial charge on any atom is -0.507 e. The van der Waals surface area contributed by atoms with Crippen LogP contribution < -0.4 is 11.1 Å². The summed E-state index contributed by atoms with van der Waals surface area (Å²) in [4.78, 5) is 54.4. The molecule has 3 saturated carbocycles. The topological polar surface area (TPSA) is 187 Å². The third kappa shape index (κ3) is 5.58. The van der Waals surface area contributed by atoms with Crippen molar-refractivity contribution in [3.8, 4) is 5.75 Å². The molecule has 270 valence electrons. The van der Waals surface area contributed by atoms with E-state index in [9.17, 15) is 39.6 Å². The first-order valence-corrected chi connectivity index (χ1v) is 18.2. The van der Waals surface area contributed by atoms with Crippen LogP contribution in [0.5, 0.6) is 5.75 Å². The second-order valence-electron chi connectivity index (χ2n) is 16.5. The Morgan fingerprint density at radius 3 is 2.30 bits per heavy atom. The number of aliphatic hydroxyl groups excluding tert-OH is 2. The van der Waals surface area contributed by atoms with Crippen molar-refractivity contribution in [1.29, 1.82) is 0 Å². The molecule has 0 radical (unpaired) electrons. The molecule has 0 saturated heterocycles. The number of hydrogen-bond donors (Lipinski definition) is 6. The molecule has 0 aromatic heterocycles. The lowest BCUT2D eigenvalue weighted by Crippen LogP contribution is -2.79. The number of hydrogen-bond acceptors (Lipinski definition) is 8. The van der Waals surface area contributed by atoms with Crippen LogP contribution in [0.3, 0.4) is 0 Å².